The van der Waals surface area contributed by atoms with Crippen molar-refractivity contribution in [2.24, 2.45) is 0 Å². The van der Waals surface area contributed by atoms with Crippen LogP contribution in [0.5, 0.6) is 0 Å². The van der Waals surface area contributed by atoms with Crippen LogP contribution in [0.4, 0.5) is 0 Å². The maximum Gasteiger partial charge on any atom is 0.166 e. The Hall–Kier alpha value is -9.39. The van der Waals surface area contributed by atoms with Crippen LogP contribution in [-0.2, 0) is 0 Å². The Morgan fingerprint density at radius 1 is 0.304 bits per heavy atom. The molecule has 69 heavy (non-hydrogen) atoms. The van der Waals surface area contributed by atoms with Crippen molar-refractivity contribution in [1.82, 2.24) is 24.1 Å². The van der Waals surface area contributed by atoms with E-state index in [2.05, 4.69) is 234 Å². The summed E-state index contributed by atoms with van der Waals surface area (Å²) in [5, 5.41) is 13.8. The second kappa shape index (κ2) is 14.6. The molecule has 6 heteroatoms. The molecule has 0 bridgehead atoms. The monoisotopic (exact) mass is 879 g/mol. The van der Waals surface area contributed by atoms with Crippen molar-refractivity contribution in [2.45, 2.75) is 0 Å². The molecule has 320 valence electrons. The van der Waals surface area contributed by atoms with Crippen LogP contribution in [0.1, 0.15) is 0 Å². The lowest BCUT2D eigenvalue weighted by molar-refractivity contribution is 0.669. The fourth-order valence-electron chi connectivity index (χ4n) is 10.9. The number of nitrogens with zero attached hydrogens (tertiary/aromatic N) is 5. The smallest absolute Gasteiger partial charge is 0.166 e. The van der Waals surface area contributed by atoms with Gasteiger partial charge in [-0.3, -0.25) is 0 Å². The van der Waals surface area contributed by atoms with E-state index >= 15 is 0 Å². The van der Waals surface area contributed by atoms with Crippen molar-refractivity contribution in [3.63, 3.8) is 0 Å². The van der Waals surface area contributed by atoms with Crippen LogP contribution in [0.25, 0.3) is 143 Å². The van der Waals surface area contributed by atoms with Crippen LogP contribution in [0.3, 0.4) is 0 Å². The minimum absolute atomic E-state index is 0.581. The molecule has 6 nitrogen and oxygen atoms in total. The molecule has 11 aromatic carbocycles. The van der Waals surface area contributed by atoms with E-state index in [0.717, 1.165) is 88.0 Å². The van der Waals surface area contributed by atoms with Crippen molar-refractivity contribution in [2.75, 3.05) is 0 Å². The molecule has 0 atom stereocenters. The number of aromatic nitrogens is 5. The normalized spacial score (nSPS) is 12.1. The Morgan fingerprint density at radius 3 is 1.71 bits per heavy atom. The van der Waals surface area contributed by atoms with Gasteiger partial charge in [0, 0.05) is 60.4 Å². The highest BCUT2D eigenvalue weighted by molar-refractivity contribution is 6.20. The third-order valence-corrected chi connectivity index (χ3v) is 14.1. The lowest BCUT2D eigenvalue weighted by Gasteiger charge is -2.13. The van der Waals surface area contributed by atoms with Gasteiger partial charge < -0.3 is 13.6 Å². The fraction of sp³-hybridized carbons (Fsp3) is 0. The van der Waals surface area contributed by atoms with Gasteiger partial charge in [-0.05, 0) is 117 Å². The molecule has 0 aliphatic heterocycles. The minimum atomic E-state index is 0.581. The van der Waals surface area contributed by atoms with E-state index in [1.165, 1.54) is 38.0 Å². The highest BCUT2D eigenvalue weighted by atomic mass is 16.3. The van der Waals surface area contributed by atoms with Crippen molar-refractivity contribution in [3.05, 3.63) is 224 Å². The first kappa shape index (κ1) is 37.8. The van der Waals surface area contributed by atoms with E-state index in [1.807, 2.05) is 0 Å². The molecule has 0 spiro atoms. The molecule has 0 N–H and O–H groups in total. The summed E-state index contributed by atoms with van der Waals surface area (Å²) in [4.78, 5) is 16.1. The fourth-order valence-corrected chi connectivity index (χ4v) is 10.9. The molecule has 0 saturated heterocycles. The maximum atomic E-state index is 6.67. The Balaban J connectivity index is 0.963. The number of benzene rings is 11. The van der Waals surface area contributed by atoms with Crippen LogP contribution in [-0.4, -0.2) is 24.1 Å². The average molecular weight is 880 g/mol. The SMILES string of the molecule is c1ccc(-n2c3ccccc3c3cccc(-c4nc(-c5ccc6ccccc6c5)nc(-c5ccc6oc7ccc8ccc(-n9c%10ccccc%10c%10cc%11ccccc%11cc%109)cc8c7c6c5)n4)c32)cc1. The van der Waals surface area contributed by atoms with Gasteiger partial charge in [-0.15, -0.1) is 0 Å². The predicted octanol–water partition coefficient (Wildman–Crippen LogP) is 16.4. The highest BCUT2D eigenvalue weighted by Gasteiger charge is 2.22. The molecular weight excluding hydrogens is 843 g/mol. The van der Waals surface area contributed by atoms with Crippen LogP contribution < -0.4 is 0 Å². The summed E-state index contributed by atoms with van der Waals surface area (Å²) in [6.45, 7) is 0. The number of hydrogen-bond acceptors (Lipinski definition) is 4. The molecule has 4 heterocycles. The number of rotatable bonds is 5. The second-order valence-electron chi connectivity index (χ2n) is 18.0. The Bertz CT molecular complexity index is 4620. The number of fused-ring (bicyclic) bond motifs is 13. The van der Waals surface area contributed by atoms with E-state index < -0.39 is 0 Å². The van der Waals surface area contributed by atoms with Gasteiger partial charge in [0.2, 0.25) is 0 Å². The van der Waals surface area contributed by atoms with Crippen LogP contribution in [0.2, 0.25) is 0 Å². The van der Waals surface area contributed by atoms with Crippen molar-refractivity contribution < 1.29 is 4.42 Å². The van der Waals surface area contributed by atoms with E-state index in [9.17, 15) is 0 Å². The summed E-state index contributed by atoms with van der Waals surface area (Å²) >= 11 is 0. The van der Waals surface area contributed by atoms with Crippen LogP contribution >= 0.6 is 0 Å². The van der Waals surface area contributed by atoms with E-state index in [-0.39, 0.29) is 0 Å². The molecule has 15 aromatic rings. The zero-order valence-electron chi connectivity index (χ0n) is 37.0. The summed E-state index contributed by atoms with van der Waals surface area (Å²) in [7, 11) is 0. The van der Waals surface area contributed by atoms with Gasteiger partial charge in [-0.1, -0.05) is 140 Å². The Kier molecular flexibility index (Phi) is 7.97. The lowest BCUT2D eigenvalue weighted by atomic mass is 10.0. The standard InChI is InChI=1S/C63H37N5O/c1-2-17-45(18-3-1)68-55-24-11-8-19-47(55)49-21-12-22-50(60(49)68)63-65-61(43-26-25-38-13-4-5-14-40(38)33-43)64-62(66-63)44-29-31-57-53(35-44)59-51-37-46(30-27-39(51)28-32-58(59)69-57)67-54-23-10-9-20-48(54)52-34-41-15-6-7-16-42(41)36-56(52)67/h1-37H. The molecule has 0 saturated carbocycles. The molecule has 0 aliphatic carbocycles. The molecule has 4 aromatic heterocycles. The van der Waals surface area contributed by atoms with Crippen molar-refractivity contribution in [3.8, 4) is 45.5 Å². The molecule has 15 rings (SSSR count). The second-order valence-corrected chi connectivity index (χ2v) is 18.0. The molecule has 0 aliphatic rings. The summed E-state index contributed by atoms with van der Waals surface area (Å²) in [5.74, 6) is 1.78. The van der Waals surface area contributed by atoms with Crippen molar-refractivity contribution >= 4 is 97.9 Å². The number of furan rings is 1. The van der Waals surface area contributed by atoms with Gasteiger partial charge in [0.1, 0.15) is 11.2 Å². The third-order valence-electron chi connectivity index (χ3n) is 14.1. The van der Waals surface area contributed by atoms with Crippen LogP contribution in [0, 0.1) is 0 Å². The van der Waals surface area contributed by atoms with E-state index in [0.29, 0.717) is 17.5 Å². The Labute approximate surface area is 394 Å². The molecule has 0 amide bonds. The van der Waals surface area contributed by atoms with E-state index in [4.69, 9.17) is 19.4 Å². The zero-order chi connectivity index (χ0) is 45.2. The summed E-state index contributed by atoms with van der Waals surface area (Å²) in [6, 6.07) is 79.8. The van der Waals surface area contributed by atoms with Gasteiger partial charge in [-0.25, -0.2) is 15.0 Å². The van der Waals surface area contributed by atoms with Gasteiger partial charge in [0.15, 0.2) is 17.5 Å². The van der Waals surface area contributed by atoms with E-state index in [1.54, 1.807) is 0 Å². The number of hydrogen-bond donors (Lipinski definition) is 0. The number of para-hydroxylation sites is 4. The third kappa shape index (κ3) is 5.76. The molecular formula is C63H37N5O. The minimum Gasteiger partial charge on any atom is -0.456 e. The van der Waals surface area contributed by atoms with Gasteiger partial charge in [0.25, 0.3) is 0 Å². The first-order valence-corrected chi connectivity index (χ1v) is 23.3. The summed E-state index contributed by atoms with van der Waals surface area (Å²) < 4.78 is 11.4. The summed E-state index contributed by atoms with van der Waals surface area (Å²) in [6.07, 6.45) is 0. The van der Waals surface area contributed by atoms with Crippen LogP contribution in [0.15, 0.2) is 229 Å². The zero-order valence-corrected chi connectivity index (χ0v) is 37.0. The molecule has 0 fully saturated rings. The first-order chi connectivity index (χ1) is 34.2. The average Bonchev–Trinajstić information content (AvgIpc) is 4.07. The molecule has 0 radical (unpaired) electrons. The topological polar surface area (TPSA) is 61.7 Å². The maximum absolute atomic E-state index is 6.67. The highest BCUT2D eigenvalue weighted by Crippen LogP contribution is 2.42. The predicted molar refractivity (Wildman–Crippen MR) is 285 cm³/mol. The first-order valence-electron chi connectivity index (χ1n) is 23.3. The lowest BCUT2D eigenvalue weighted by Crippen LogP contribution is -2.02. The largest absolute Gasteiger partial charge is 0.456 e. The Morgan fingerprint density at radius 2 is 0.899 bits per heavy atom. The van der Waals surface area contributed by atoms with Crippen molar-refractivity contribution in [1.29, 1.82) is 0 Å². The van der Waals surface area contributed by atoms with Gasteiger partial charge in [-0.2, -0.15) is 0 Å². The summed E-state index contributed by atoms with van der Waals surface area (Å²) in [5.41, 5.74) is 11.0. The molecule has 0 unspecified atom stereocenters. The van der Waals surface area contributed by atoms with Gasteiger partial charge in [0.05, 0.1) is 22.1 Å². The van der Waals surface area contributed by atoms with Gasteiger partial charge >= 0.3 is 0 Å². The quantitative estimate of drug-likeness (QED) is 0.173.